The van der Waals surface area contributed by atoms with Crippen molar-refractivity contribution in [2.24, 2.45) is 14.1 Å². The van der Waals surface area contributed by atoms with Crippen molar-refractivity contribution >= 4 is 22.5 Å². The van der Waals surface area contributed by atoms with Gasteiger partial charge in [0.25, 0.3) is 0 Å². The lowest BCUT2D eigenvalue weighted by Crippen LogP contribution is -2.33. The second-order valence-corrected chi connectivity index (χ2v) is 10.1. The summed E-state index contributed by atoms with van der Waals surface area (Å²) in [6.07, 6.45) is -1.48. The van der Waals surface area contributed by atoms with Crippen LogP contribution in [0.3, 0.4) is 0 Å². The molecular formula is C29H27ClF3N5O2. The van der Waals surface area contributed by atoms with E-state index in [1.807, 2.05) is 27.9 Å². The highest BCUT2D eigenvalue weighted by Gasteiger charge is 2.40. The Morgan fingerprint density at radius 3 is 2.08 bits per heavy atom. The number of methoxy groups -OCH3 is 1. The molecule has 0 saturated heterocycles. The van der Waals surface area contributed by atoms with E-state index in [1.54, 1.807) is 45.8 Å². The molecule has 0 aliphatic heterocycles. The van der Waals surface area contributed by atoms with Crippen molar-refractivity contribution in [1.29, 1.82) is 0 Å². The van der Waals surface area contributed by atoms with Crippen LogP contribution in [-0.2, 0) is 32.3 Å². The van der Waals surface area contributed by atoms with E-state index in [0.29, 0.717) is 45.1 Å². The fourth-order valence-electron chi connectivity index (χ4n) is 5.03. The highest BCUT2D eigenvalue weighted by molar-refractivity contribution is 6.36. The summed E-state index contributed by atoms with van der Waals surface area (Å²) in [5, 5.41) is 13.1. The minimum absolute atomic E-state index is 0.0414. The Morgan fingerprint density at radius 1 is 0.950 bits per heavy atom. The number of halogens is 4. The Kier molecular flexibility index (Phi) is 6.87. The van der Waals surface area contributed by atoms with Crippen molar-refractivity contribution in [3.63, 3.8) is 0 Å². The van der Waals surface area contributed by atoms with E-state index in [-0.39, 0.29) is 22.9 Å². The standard InChI is InChI=1S/C29H27ClF3N5O2/c1-16-34-14-24(37(16)3)28(39,25-15-35-17(2)38(25)4)19-10-11-23-20(13-19)26(30)21(27(36-23)40-5)12-18-8-6-7-9-22(18)29(31,32)33/h6-11,13-15,39H,12H2,1-5H3. The lowest BCUT2D eigenvalue weighted by molar-refractivity contribution is -0.138. The molecule has 2 aromatic carbocycles. The van der Waals surface area contributed by atoms with Crippen LogP contribution in [0.1, 0.15) is 45.3 Å². The van der Waals surface area contributed by atoms with Gasteiger partial charge in [0.1, 0.15) is 11.6 Å². The normalized spacial score (nSPS) is 12.3. The molecule has 0 saturated carbocycles. The predicted molar refractivity (Wildman–Crippen MR) is 146 cm³/mol. The van der Waals surface area contributed by atoms with Crippen LogP contribution in [0.15, 0.2) is 54.9 Å². The van der Waals surface area contributed by atoms with Gasteiger partial charge in [-0.2, -0.15) is 13.2 Å². The van der Waals surface area contributed by atoms with E-state index in [0.717, 1.165) is 6.07 Å². The summed E-state index contributed by atoms with van der Waals surface area (Å²) in [7, 11) is 5.01. The molecule has 5 aromatic rings. The molecule has 0 amide bonds. The molecule has 0 unspecified atom stereocenters. The monoisotopic (exact) mass is 569 g/mol. The number of hydrogen-bond acceptors (Lipinski definition) is 5. The largest absolute Gasteiger partial charge is 0.481 e. The minimum atomic E-state index is -4.54. The zero-order valence-electron chi connectivity index (χ0n) is 22.5. The van der Waals surface area contributed by atoms with Gasteiger partial charge in [-0.1, -0.05) is 35.9 Å². The van der Waals surface area contributed by atoms with Gasteiger partial charge in [-0.15, -0.1) is 0 Å². The molecular weight excluding hydrogens is 543 g/mol. The zero-order valence-corrected chi connectivity index (χ0v) is 23.3. The number of aliphatic hydroxyl groups is 1. The highest BCUT2D eigenvalue weighted by Crippen LogP contribution is 2.42. The van der Waals surface area contributed by atoms with Crippen LogP contribution in [-0.4, -0.2) is 36.3 Å². The summed E-state index contributed by atoms with van der Waals surface area (Å²) in [5.41, 5.74) is -0.166. The van der Waals surface area contributed by atoms with E-state index in [4.69, 9.17) is 16.3 Å². The molecule has 3 aromatic heterocycles. The fraction of sp³-hybridized carbons (Fsp3) is 0.276. The van der Waals surface area contributed by atoms with Gasteiger partial charge in [0.15, 0.2) is 5.60 Å². The number of aryl methyl sites for hydroxylation is 2. The molecule has 0 fully saturated rings. The second-order valence-electron chi connectivity index (χ2n) is 9.69. The Hall–Kier alpha value is -3.89. The maximum Gasteiger partial charge on any atom is 0.416 e. The third kappa shape index (κ3) is 4.41. The Bertz CT molecular complexity index is 1700. The maximum absolute atomic E-state index is 13.7. The molecule has 3 heterocycles. The molecule has 5 rings (SSSR count). The van der Waals surface area contributed by atoms with Gasteiger partial charge in [0, 0.05) is 31.5 Å². The van der Waals surface area contributed by atoms with Crippen LogP contribution in [0, 0.1) is 13.8 Å². The average Bonchev–Trinajstić information content (AvgIpc) is 3.45. The van der Waals surface area contributed by atoms with Crippen LogP contribution in [0.25, 0.3) is 10.9 Å². The van der Waals surface area contributed by atoms with Crippen LogP contribution < -0.4 is 4.74 Å². The van der Waals surface area contributed by atoms with Crippen molar-refractivity contribution in [1.82, 2.24) is 24.1 Å². The van der Waals surface area contributed by atoms with E-state index < -0.39 is 17.3 Å². The number of rotatable bonds is 6. The van der Waals surface area contributed by atoms with E-state index in [9.17, 15) is 18.3 Å². The van der Waals surface area contributed by atoms with Crippen molar-refractivity contribution in [3.05, 3.63) is 105 Å². The van der Waals surface area contributed by atoms with Crippen molar-refractivity contribution < 1.29 is 23.0 Å². The number of fused-ring (bicyclic) bond motifs is 1. The summed E-state index contributed by atoms with van der Waals surface area (Å²) < 4.78 is 50.3. The van der Waals surface area contributed by atoms with E-state index in [2.05, 4.69) is 15.0 Å². The third-order valence-corrected chi connectivity index (χ3v) is 7.89. The number of imidazole rings is 2. The first-order chi connectivity index (χ1) is 18.9. The predicted octanol–water partition coefficient (Wildman–Crippen LogP) is 5.87. The summed E-state index contributed by atoms with van der Waals surface area (Å²) >= 11 is 6.91. The van der Waals surface area contributed by atoms with E-state index in [1.165, 1.54) is 19.2 Å². The fourth-order valence-corrected chi connectivity index (χ4v) is 5.33. The number of aromatic nitrogens is 5. The Balaban J connectivity index is 1.74. The molecule has 0 radical (unpaired) electrons. The number of hydrogen-bond donors (Lipinski definition) is 1. The van der Waals surface area contributed by atoms with Crippen molar-refractivity contribution in [3.8, 4) is 5.88 Å². The summed E-state index contributed by atoms with van der Waals surface area (Å²) in [5.74, 6) is 1.52. The lowest BCUT2D eigenvalue weighted by atomic mass is 9.86. The van der Waals surface area contributed by atoms with Crippen LogP contribution >= 0.6 is 11.6 Å². The molecule has 208 valence electrons. The smallest absolute Gasteiger partial charge is 0.416 e. The number of pyridine rings is 1. The molecule has 11 heteroatoms. The van der Waals surface area contributed by atoms with Gasteiger partial charge in [0.05, 0.1) is 47.0 Å². The first-order valence-corrected chi connectivity index (χ1v) is 12.8. The van der Waals surface area contributed by atoms with Gasteiger partial charge in [-0.05, 0) is 43.2 Å². The van der Waals surface area contributed by atoms with Gasteiger partial charge in [0.2, 0.25) is 5.88 Å². The Labute approximate surface area is 233 Å². The quantitative estimate of drug-likeness (QED) is 0.277. The first kappa shape index (κ1) is 27.7. The van der Waals surface area contributed by atoms with Crippen LogP contribution in [0.4, 0.5) is 13.2 Å². The van der Waals surface area contributed by atoms with Gasteiger partial charge in [-0.3, -0.25) is 0 Å². The highest BCUT2D eigenvalue weighted by atomic mass is 35.5. The Morgan fingerprint density at radius 2 is 1.55 bits per heavy atom. The SMILES string of the molecule is COc1nc2ccc(C(O)(c3cnc(C)n3C)c3cnc(C)n3C)cc2c(Cl)c1Cc1ccccc1C(F)(F)F. The summed E-state index contributed by atoms with van der Waals surface area (Å²) in [4.78, 5) is 13.3. The first-order valence-electron chi connectivity index (χ1n) is 12.4. The van der Waals surface area contributed by atoms with Gasteiger partial charge < -0.3 is 19.0 Å². The second kappa shape index (κ2) is 9.94. The third-order valence-electron chi connectivity index (χ3n) is 7.46. The maximum atomic E-state index is 13.7. The average molecular weight is 570 g/mol. The molecule has 0 spiro atoms. The molecule has 0 atom stereocenters. The van der Waals surface area contributed by atoms with Crippen LogP contribution in [0.2, 0.25) is 5.02 Å². The minimum Gasteiger partial charge on any atom is -0.481 e. The van der Waals surface area contributed by atoms with Gasteiger partial charge >= 0.3 is 6.18 Å². The van der Waals surface area contributed by atoms with E-state index >= 15 is 0 Å². The topological polar surface area (TPSA) is 78.0 Å². The molecule has 1 N–H and O–H groups in total. The van der Waals surface area contributed by atoms with Crippen molar-refractivity contribution in [2.75, 3.05) is 7.11 Å². The molecule has 0 aliphatic rings. The number of alkyl halides is 3. The zero-order chi connectivity index (χ0) is 29.0. The number of nitrogens with zero attached hydrogens (tertiary/aromatic N) is 5. The summed E-state index contributed by atoms with van der Waals surface area (Å²) in [6.45, 7) is 3.66. The van der Waals surface area contributed by atoms with Crippen LogP contribution in [0.5, 0.6) is 5.88 Å². The molecule has 40 heavy (non-hydrogen) atoms. The molecule has 0 aliphatic carbocycles. The molecule has 7 nitrogen and oxygen atoms in total. The van der Waals surface area contributed by atoms with Gasteiger partial charge in [-0.25, -0.2) is 15.0 Å². The lowest BCUT2D eigenvalue weighted by Gasteiger charge is -2.30. The number of ether oxygens (including phenoxy) is 1. The van der Waals surface area contributed by atoms with Crippen molar-refractivity contribution in [2.45, 2.75) is 32.0 Å². The number of benzene rings is 2. The molecule has 0 bridgehead atoms. The summed E-state index contributed by atoms with van der Waals surface area (Å²) in [6, 6.07) is 10.5.